The lowest BCUT2D eigenvalue weighted by atomic mass is 10.4. The molecule has 0 fully saturated rings. The topological polar surface area (TPSA) is 114 Å². The molecule has 106 valence electrons. The summed E-state index contributed by atoms with van der Waals surface area (Å²) in [5, 5.41) is 16.3. The molecule has 0 unspecified atom stereocenters. The molecule has 2 N–H and O–H groups in total. The monoisotopic (exact) mass is 316 g/mol. The van der Waals surface area contributed by atoms with Crippen LogP contribution in [0.2, 0.25) is 5.02 Å². The second kappa shape index (κ2) is 5.47. The number of anilines is 1. The highest BCUT2D eigenvalue weighted by Gasteiger charge is 2.16. The number of aliphatic carboxylic acids is 1. The highest BCUT2D eigenvalue weighted by atomic mass is 35.5. The highest BCUT2D eigenvalue weighted by molar-refractivity contribution is 7.92. The maximum Gasteiger partial charge on any atom is 0.327 e. The number of hydrogen-bond acceptors (Lipinski definition) is 5. The number of carboxylic acids is 1. The first-order valence-electron chi connectivity index (χ1n) is 5.27. The molecule has 20 heavy (non-hydrogen) atoms. The van der Waals surface area contributed by atoms with Gasteiger partial charge in [-0.3, -0.25) is 9.52 Å². The quantitative estimate of drug-likeness (QED) is 0.844. The normalized spacial score (nSPS) is 11.2. The van der Waals surface area contributed by atoms with Gasteiger partial charge in [0.05, 0.1) is 11.1 Å². The Morgan fingerprint density at radius 3 is 2.60 bits per heavy atom. The minimum Gasteiger partial charge on any atom is -0.480 e. The maximum absolute atomic E-state index is 12.0. The average Bonchev–Trinajstić information content (AvgIpc) is 2.75. The van der Waals surface area contributed by atoms with Crippen molar-refractivity contribution in [2.24, 2.45) is 0 Å². The van der Waals surface area contributed by atoms with Gasteiger partial charge in [-0.05, 0) is 24.3 Å². The van der Waals surface area contributed by atoms with Crippen molar-refractivity contribution in [3.05, 3.63) is 35.5 Å². The lowest BCUT2D eigenvalue weighted by Crippen LogP contribution is -2.15. The minimum atomic E-state index is -3.82. The Balaban J connectivity index is 2.18. The predicted octanol–water partition coefficient (Wildman–Crippen LogP) is 0.817. The van der Waals surface area contributed by atoms with Crippen molar-refractivity contribution in [2.45, 2.75) is 11.4 Å². The van der Waals surface area contributed by atoms with E-state index in [1.807, 2.05) is 0 Å². The summed E-state index contributed by atoms with van der Waals surface area (Å²) in [6, 6.07) is 5.56. The molecule has 1 aromatic carbocycles. The molecule has 0 aliphatic rings. The van der Waals surface area contributed by atoms with Crippen LogP contribution in [0.3, 0.4) is 0 Å². The fraction of sp³-hybridized carbons (Fsp3) is 0.100. The van der Waals surface area contributed by atoms with Crippen LogP contribution in [0.15, 0.2) is 35.4 Å². The Morgan fingerprint density at radius 2 is 2.00 bits per heavy atom. The summed E-state index contributed by atoms with van der Waals surface area (Å²) in [5.74, 6) is -1.20. The van der Waals surface area contributed by atoms with Gasteiger partial charge in [-0.1, -0.05) is 11.6 Å². The molecule has 0 bridgehead atoms. The van der Waals surface area contributed by atoms with Gasteiger partial charge in [-0.2, -0.15) is 9.90 Å². The molecular formula is C10H9ClN4O4S. The Hall–Kier alpha value is -2.13. The van der Waals surface area contributed by atoms with E-state index in [9.17, 15) is 13.2 Å². The van der Waals surface area contributed by atoms with E-state index in [-0.39, 0.29) is 10.7 Å². The molecule has 10 heteroatoms. The van der Waals surface area contributed by atoms with Gasteiger partial charge in [0.15, 0.2) is 12.4 Å². The number of aromatic nitrogens is 3. The average molecular weight is 317 g/mol. The van der Waals surface area contributed by atoms with E-state index in [4.69, 9.17) is 16.7 Å². The number of rotatable bonds is 5. The molecule has 0 saturated heterocycles. The summed E-state index contributed by atoms with van der Waals surface area (Å²) >= 11 is 5.68. The van der Waals surface area contributed by atoms with E-state index in [0.717, 1.165) is 11.0 Å². The van der Waals surface area contributed by atoms with E-state index >= 15 is 0 Å². The van der Waals surface area contributed by atoms with Crippen LogP contribution in [0, 0.1) is 0 Å². The minimum absolute atomic E-state index is 0.00897. The number of nitrogens with zero attached hydrogens (tertiary/aromatic N) is 3. The molecule has 1 heterocycles. The van der Waals surface area contributed by atoms with Gasteiger partial charge in [0, 0.05) is 5.02 Å². The van der Waals surface area contributed by atoms with Crippen LogP contribution in [-0.4, -0.2) is 34.5 Å². The number of benzene rings is 1. The van der Waals surface area contributed by atoms with Crippen molar-refractivity contribution in [2.75, 3.05) is 4.72 Å². The zero-order valence-corrected chi connectivity index (χ0v) is 11.5. The summed E-state index contributed by atoms with van der Waals surface area (Å²) in [6.07, 6.45) is 1.12. The van der Waals surface area contributed by atoms with Gasteiger partial charge in [-0.15, -0.1) is 5.10 Å². The molecule has 0 radical (unpaired) electrons. The molecular weight excluding hydrogens is 308 g/mol. The van der Waals surface area contributed by atoms with Crippen molar-refractivity contribution in [3.8, 4) is 0 Å². The first-order chi connectivity index (χ1) is 9.37. The van der Waals surface area contributed by atoms with Gasteiger partial charge in [0.2, 0.25) is 0 Å². The van der Waals surface area contributed by atoms with Crippen LogP contribution < -0.4 is 4.72 Å². The van der Waals surface area contributed by atoms with Crippen LogP contribution in [-0.2, 0) is 21.4 Å². The van der Waals surface area contributed by atoms with Gasteiger partial charge in [0.1, 0.15) is 0 Å². The number of nitrogens with one attached hydrogen (secondary N) is 1. The Morgan fingerprint density at radius 1 is 1.35 bits per heavy atom. The summed E-state index contributed by atoms with van der Waals surface area (Å²) in [7, 11) is -3.82. The zero-order valence-electron chi connectivity index (χ0n) is 9.89. The van der Waals surface area contributed by atoms with Gasteiger partial charge < -0.3 is 5.11 Å². The number of carboxylic acid groups (broad SMARTS) is 1. The van der Waals surface area contributed by atoms with Crippen molar-refractivity contribution >= 4 is 33.4 Å². The van der Waals surface area contributed by atoms with Crippen molar-refractivity contribution < 1.29 is 18.3 Å². The highest BCUT2D eigenvalue weighted by Crippen LogP contribution is 2.16. The predicted molar refractivity (Wildman–Crippen MR) is 69.9 cm³/mol. The molecule has 0 amide bonds. The number of carbonyl (C=O) groups is 1. The Labute approximate surface area is 119 Å². The summed E-state index contributed by atoms with van der Waals surface area (Å²) in [5.41, 5.74) is 0. The molecule has 0 atom stereocenters. The Bertz CT molecular complexity index is 726. The summed E-state index contributed by atoms with van der Waals surface area (Å²) in [6.45, 7) is -0.456. The van der Waals surface area contributed by atoms with E-state index in [1.165, 1.54) is 24.3 Å². The van der Waals surface area contributed by atoms with Gasteiger partial charge in [-0.25, -0.2) is 8.42 Å². The standard InChI is InChI=1S/C10H9ClN4O4S/c11-7-1-3-8(4-2-7)20(18,19)14-9-5-12-15(13-9)6-10(16)17/h1-5H,6H2,(H,13,14)(H,16,17). The second-order valence-electron chi connectivity index (χ2n) is 3.71. The smallest absolute Gasteiger partial charge is 0.327 e. The third kappa shape index (κ3) is 3.45. The van der Waals surface area contributed by atoms with Gasteiger partial charge in [0.25, 0.3) is 10.0 Å². The molecule has 0 aliphatic carbocycles. The first-order valence-corrected chi connectivity index (χ1v) is 7.13. The van der Waals surface area contributed by atoms with E-state index < -0.39 is 22.5 Å². The van der Waals surface area contributed by atoms with Crippen LogP contribution in [0.5, 0.6) is 0 Å². The summed E-state index contributed by atoms with van der Waals surface area (Å²) in [4.78, 5) is 11.3. The largest absolute Gasteiger partial charge is 0.480 e. The molecule has 0 aliphatic heterocycles. The van der Waals surface area contributed by atoms with E-state index in [2.05, 4.69) is 14.9 Å². The van der Waals surface area contributed by atoms with Crippen molar-refractivity contribution in [1.29, 1.82) is 0 Å². The summed E-state index contributed by atoms with van der Waals surface area (Å²) < 4.78 is 26.2. The number of halogens is 1. The lowest BCUT2D eigenvalue weighted by Gasteiger charge is -2.04. The van der Waals surface area contributed by atoms with Gasteiger partial charge >= 0.3 is 5.97 Å². The van der Waals surface area contributed by atoms with Crippen LogP contribution in [0.25, 0.3) is 0 Å². The lowest BCUT2D eigenvalue weighted by molar-refractivity contribution is -0.138. The number of sulfonamides is 1. The second-order valence-corrected chi connectivity index (χ2v) is 5.83. The van der Waals surface area contributed by atoms with Crippen molar-refractivity contribution in [1.82, 2.24) is 15.0 Å². The van der Waals surface area contributed by atoms with Crippen molar-refractivity contribution in [3.63, 3.8) is 0 Å². The van der Waals surface area contributed by atoms with Crippen LogP contribution in [0.1, 0.15) is 0 Å². The third-order valence-electron chi connectivity index (χ3n) is 2.18. The first kappa shape index (κ1) is 14.3. The molecule has 0 spiro atoms. The molecule has 2 aromatic rings. The zero-order chi connectivity index (χ0) is 14.8. The molecule has 2 rings (SSSR count). The maximum atomic E-state index is 12.0. The van der Waals surface area contributed by atoms with Crippen LogP contribution in [0.4, 0.5) is 5.82 Å². The van der Waals surface area contributed by atoms with Crippen LogP contribution >= 0.6 is 11.6 Å². The fourth-order valence-corrected chi connectivity index (χ4v) is 2.46. The molecule has 0 saturated carbocycles. The van der Waals surface area contributed by atoms with E-state index in [0.29, 0.717) is 5.02 Å². The number of hydrogen-bond donors (Lipinski definition) is 2. The molecule has 8 nitrogen and oxygen atoms in total. The third-order valence-corrected chi connectivity index (χ3v) is 3.80. The fourth-order valence-electron chi connectivity index (χ4n) is 1.35. The SMILES string of the molecule is O=C(O)Cn1ncc(NS(=O)(=O)c2ccc(Cl)cc2)n1. The molecule has 1 aromatic heterocycles. The Kier molecular flexibility index (Phi) is 3.91. The van der Waals surface area contributed by atoms with E-state index in [1.54, 1.807) is 0 Å².